The SMILES string of the molecule is COc1cccc(NC(=O)[C@@H](C)NS(=O)(=O)c2ccc(OC)c(OC)c2)c1. The maximum Gasteiger partial charge on any atom is 0.242 e. The number of benzene rings is 2. The van der Waals surface area contributed by atoms with Gasteiger partial charge in [0.2, 0.25) is 15.9 Å². The smallest absolute Gasteiger partial charge is 0.242 e. The van der Waals surface area contributed by atoms with Gasteiger partial charge >= 0.3 is 0 Å². The summed E-state index contributed by atoms with van der Waals surface area (Å²) >= 11 is 0. The van der Waals surface area contributed by atoms with Crippen LogP contribution in [0.3, 0.4) is 0 Å². The molecule has 0 radical (unpaired) electrons. The van der Waals surface area contributed by atoms with Crippen LogP contribution in [-0.2, 0) is 14.8 Å². The summed E-state index contributed by atoms with van der Waals surface area (Å²) in [7, 11) is 0.439. The lowest BCUT2D eigenvalue weighted by Crippen LogP contribution is -2.41. The number of anilines is 1. The van der Waals surface area contributed by atoms with Crippen molar-refractivity contribution in [3.05, 3.63) is 42.5 Å². The van der Waals surface area contributed by atoms with Gasteiger partial charge in [-0.25, -0.2) is 8.42 Å². The molecule has 0 fully saturated rings. The highest BCUT2D eigenvalue weighted by atomic mass is 32.2. The maximum absolute atomic E-state index is 12.6. The molecular weight excluding hydrogens is 372 g/mol. The third kappa shape index (κ3) is 5.11. The predicted molar refractivity (Wildman–Crippen MR) is 101 cm³/mol. The second-order valence-corrected chi connectivity index (χ2v) is 7.29. The molecule has 2 aromatic carbocycles. The number of nitrogens with one attached hydrogen (secondary N) is 2. The number of ether oxygens (including phenoxy) is 3. The summed E-state index contributed by atoms with van der Waals surface area (Å²) in [6, 6.07) is 9.93. The Kier molecular flexibility index (Phi) is 6.65. The summed E-state index contributed by atoms with van der Waals surface area (Å²) in [5.41, 5.74) is 0.497. The van der Waals surface area contributed by atoms with Crippen molar-refractivity contribution in [2.24, 2.45) is 0 Å². The number of carbonyl (C=O) groups excluding carboxylic acids is 1. The van der Waals surface area contributed by atoms with Crippen molar-refractivity contribution < 1.29 is 27.4 Å². The van der Waals surface area contributed by atoms with Crippen LogP contribution < -0.4 is 24.2 Å². The number of amides is 1. The lowest BCUT2D eigenvalue weighted by Gasteiger charge is -2.16. The number of methoxy groups -OCH3 is 3. The molecule has 0 spiro atoms. The summed E-state index contributed by atoms with van der Waals surface area (Å²) in [6.45, 7) is 1.45. The van der Waals surface area contributed by atoms with Crippen molar-refractivity contribution >= 4 is 21.6 Å². The van der Waals surface area contributed by atoms with Crippen molar-refractivity contribution in [3.8, 4) is 17.2 Å². The van der Waals surface area contributed by atoms with Crippen LogP contribution in [-0.4, -0.2) is 41.7 Å². The van der Waals surface area contributed by atoms with E-state index >= 15 is 0 Å². The van der Waals surface area contributed by atoms with Gasteiger partial charge in [0, 0.05) is 17.8 Å². The van der Waals surface area contributed by atoms with Gasteiger partial charge in [-0.2, -0.15) is 4.72 Å². The molecule has 146 valence electrons. The van der Waals surface area contributed by atoms with E-state index in [4.69, 9.17) is 14.2 Å². The van der Waals surface area contributed by atoms with Crippen LogP contribution in [0.15, 0.2) is 47.4 Å². The molecule has 0 saturated carbocycles. The van der Waals surface area contributed by atoms with E-state index in [0.717, 1.165) is 0 Å². The van der Waals surface area contributed by atoms with Crippen LogP contribution in [0.25, 0.3) is 0 Å². The van der Waals surface area contributed by atoms with Crippen molar-refractivity contribution in [3.63, 3.8) is 0 Å². The molecule has 0 heterocycles. The minimum absolute atomic E-state index is 0.0406. The highest BCUT2D eigenvalue weighted by molar-refractivity contribution is 7.89. The average molecular weight is 394 g/mol. The predicted octanol–water partition coefficient (Wildman–Crippen LogP) is 2.02. The van der Waals surface area contributed by atoms with E-state index in [1.165, 1.54) is 46.5 Å². The third-order valence-electron chi connectivity index (χ3n) is 3.73. The molecule has 9 heteroatoms. The zero-order valence-corrected chi connectivity index (χ0v) is 16.3. The quantitative estimate of drug-likeness (QED) is 0.710. The molecule has 2 N–H and O–H groups in total. The highest BCUT2D eigenvalue weighted by Gasteiger charge is 2.23. The summed E-state index contributed by atoms with van der Waals surface area (Å²) in [5.74, 6) is 0.743. The number of rotatable bonds is 8. The van der Waals surface area contributed by atoms with Gasteiger partial charge in [-0.05, 0) is 31.2 Å². The van der Waals surface area contributed by atoms with Crippen molar-refractivity contribution in [1.29, 1.82) is 0 Å². The number of sulfonamides is 1. The molecule has 0 aliphatic heterocycles. The van der Waals surface area contributed by atoms with E-state index < -0.39 is 22.0 Å². The van der Waals surface area contributed by atoms with E-state index in [1.807, 2.05) is 0 Å². The standard InChI is InChI=1S/C18H22N2O6S/c1-12(18(21)19-13-6-5-7-14(10-13)24-2)20-27(22,23)15-8-9-16(25-3)17(11-15)26-4/h5-12,20H,1-4H3,(H,19,21)/t12-/m1/s1. The fraction of sp³-hybridized carbons (Fsp3) is 0.278. The van der Waals surface area contributed by atoms with Gasteiger partial charge in [0.15, 0.2) is 11.5 Å². The van der Waals surface area contributed by atoms with Crippen LogP contribution >= 0.6 is 0 Å². The van der Waals surface area contributed by atoms with Gasteiger partial charge in [0.05, 0.1) is 32.3 Å². The molecular formula is C18H22N2O6S. The molecule has 0 saturated heterocycles. The van der Waals surface area contributed by atoms with E-state index in [1.54, 1.807) is 24.3 Å². The lowest BCUT2D eigenvalue weighted by atomic mass is 10.2. The van der Waals surface area contributed by atoms with E-state index in [9.17, 15) is 13.2 Å². The summed E-state index contributed by atoms with van der Waals surface area (Å²) in [5, 5.41) is 2.64. The number of hydrogen-bond donors (Lipinski definition) is 2. The van der Waals surface area contributed by atoms with Crippen LogP contribution in [0, 0.1) is 0 Å². The van der Waals surface area contributed by atoms with Crippen LogP contribution in [0.4, 0.5) is 5.69 Å². The first-order chi connectivity index (χ1) is 12.8. The molecule has 2 aromatic rings. The van der Waals surface area contributed by atoms with E-state index in [-0.39, 0.29) is 10.6 Å². The highest BCUT2D eigenvalue weighted by Crippen LogP contribution is 2.29. The molecule has 0 aliphatic carbocycles. The molecule has 27 heavy (non-hydrogen) atoms. The molecule has 1 amide bonds. The summed E-state index contributed by atoms with van der Waals surface area (Å²) in [6.07, 6.45) is 0. The van der Waals surface area contributed by atoms with Gasteiger partial charge in [-0.15, -0.1) is 0 Å². The first-order valence-corrected chi connectivity index (χ1v) is 9.48. The number of hydrogen-bond acceptors (Lipinski definition) is 6. The van der Waals surface area contributed by atoms with Crippen LogP contribution in [0.2, 0.25) is 0 Å². The molecule has 0 aliphatic rings. The second kappa shape index (κ2) is 8.74. The molecule has 0 aromatic heterocycles. The second-order valence-electron chi connectivity index (χ2n) is 5.58. The fourth-order valence-corrected chi connectivity index (χ4v) is 3.51. The van der Waals surface area contributed by atoms with E-state index in [2.05, 4.69) is 10.0 Å². The molecule has 0 unspecified atom stereocenters. The third-order valence-corrected chi connectivity index (χ3v) is 5.27. The normalized spacial score (nSPS) is 12.1. The topological polar surface area (TPSA) is 103 Å². The zero-order valence-electron chi connectivity index (χ0n) is 15.5. The van der Waals surface area contributed by atoms with Gasteiger partial charge in [-0.1, -0.05) is 6.07 Å². The minimum atomic E-state index is -3.94. The Balaban J connectivity index is 2.13. The lowest BCUT2D eigenvalue weighted by molar-refractivity contribution is -0.117. The van der Waals surface area contributed by atoms with Gasteiger partial charge in [0.1, 0.15) is 5.75 Å². The first kappa shape index (κ1) is 20.5. The van der Waals surface area contributed by atoms with Gasteiger partial charge in [-0.3, -0.25) is 4.79 Å². The Bertz CT molecular complexity index is 914. The Morgan fingerprint density at radius 3 is 2.30 bits per heavy atom. The van der Waals surface area contributed by atoms with Crippen LogP contribution in [0.1, 0.15) is 6.92 Å². The summed E-state index contributed by atoms with van der Waals surface area (Å²) < 4.78 is 42.8. The molecule has 8 nitrogen and oxygen atoms in total. The van der Waals surface area contributed by atoms with Crippen LogP contribution in [0.5, 0.6) is 17.2 Å². The summed E-state index contributed by atoms with van der Waals surface area (Å²) in [4.78, 5) is 12.3. The molecule has 0 bridgehead atoms. The molecule has 2 rings (SSSR count). The van der Waals surface area contributed by atoms with Crippen molar-refractivity contribution in [1.82, 2.24) is 4.72 Å². The Morgan fingerprint density at radius 2 is 1.67 bits per heavy atom. The number of carbonyl (C=O) groups is 1. The van der Waals surface area contributed by atoms with Gasteiger partial charge in [0.25, 0.3) is 0 Å². The zero-order chi connectivity index (χ0) is 20.0. The van der Waals surface area contributed by atoms with Crippen molar-refractivity contribution in [2.75, 3.05) is 26.6 Å². The minimum Gasteiger partial charge on any atom is -0.497 e. The Hall–Kier alpha value is -2.78. The monoisotopic (exact) mass is 394 g/mol. The Morgan fingerprint density at radius 1 is 0.963 bits per heavy atom. The fourth-order valence-electron chi connectivity index (χ4n) is 2.29. The van der Waals surface area contributed by atoms with E-state index in [0.29, 0.717) is 17.2 Å². The van der Waals surface area contributed by atoms with Gasteiger partial charge < -0.3 is 19.5 Å². The maximum atomic E-state index is 12.6. The van der Waals surface area contributed by atoms with Crippen molar-refractivity contribution in [2.45, 2.75) is 17.9 Å². The first-order valence-electron chi connectivity index (χ1n) is 8.00. The molecule has 1 atom stereocenters. The average Bonchev–Trinajstić information content (AvgIpc) is 2.67. The Labute approximate surface area is 158 Å². The largest absolute Gasteiger partial charge is 0.497 e.